The second-order valence-corrected chi connectivity index (χ2v) is 11.2. The van der Waals surface area contributed by atoms with Crippen LogP contribution in [0.2, 0.25) is 0 Å². The highest BCUT2D eigenvalue weighted by molar-refractivity contribution is 8.00. The summed E-state index contributed by atoms with van der Waals surface area (Å²) in [5.74, 6) is 0.661. The van der Waals surface area contributed by atoms with Gasteiger partial charge in [0.2, 0.25) is 5.91 Å². The maximum atomic E-state index is 13.6. The van der Waals surface area contributed by atoms with Crippen molar-refractivity contribution in [3.63, 3.8) is 0 Å². The molecule has 0 bridgehead atoms. The largest absolute Gasteiger partial charge is 0.494 e. The number of benzene rings is 4. The van der Waals surface area contributed by atoms with Gasteiger partial charge in [0.05, 0.1) is 26.1 Å². The number of carbonyl (C=O) groups is 3. The SMILES string of the molecule is CCOc1ccc(NC(=O)C(CC)Sc2cccc(NC(=O)/C(=C\c3ccc(OC)c(OC)c3)NC(=O)c3ccccc3)c2)cc1. The van der Waals surface area contributed by atoms with Crippen LogP contribution in [-0.4, -0.2) is 43.8 Å². The van der Waals surface area contributed by atoms with Gasteiger partial charge in [0, 0.05) is 21.8 Å². The standard InChI is InChI=1S/C36H37N3O6S/c1-5-33(36(42)37-26-16-18-28(19-17-26)45-6-2)46-29-14-10-13-27(23-29)38-35(41)30(39-34(40)25-11-8-7-9-12-25)21-24-15-20-31(43-3)32(22-24)44-4/h7-23,33H,5-6H2,1-4H3,(H,37,42)(H,38,41)(H,39,40)/b30-21+. The number of thioether (sulfide) groups is 1. The first-order valence-electron chi connectivity index (χ1n) is 14.7. The minimum atomic E-state index is -0.526. The van der Waals surface area contributed by atoms with Gasteiger partial charge in [-0.05, 0) is 91.7 Å². The van der Waals surface area contributed by atoms with E-state index in [1.54, 1.807) is 78.9 Å². The number of rotatable bonds is 14. The minimum absolute atomic E-state index is 0.0281. The van der Waals surface area contributed by atoms with Crippen LogP contribution in [0.5, 0.6) is 17.2 Å². The van der Waals surface area contributed by atoms with E-state index in [1.165, 1.54) is 26.0 Å². The fourth-order valence-corrected chi connectivity index (χ4v) is 5.42. The molecule has 46 heavy (non-hydrogen) atoms. The van der Waals surface area contributed by atoms with Gasteiger partial charge in [0.15, 0.2) is 11.5 Å². The Hall–Kier alpha value is -5.22. The van der Waals surface area contributed by atoms with E-state index in [-0.39, 0.29) is 16.9 Å². The predicted octanol–water partition coefficient (Wildman–Crippen LogP) is 7.02. The molecule has 4 aromatic rings. The van der Waals surface area contributed by atoms with E-state index in [1.807, 2.05) is 38.1 Å². The van der Waals surface area contributed by atoms with Gasteiger partial charge >= 0.3 is 0 Å². The van der Waals surface area contributed by atoms with Crippen molar-refractivity contribution in [1.29, 1.82) is 0 Å². The van der Waals surface area contributed by atoms with Gasteiger partial charge in [-0.2, -0.15) is 0 Å². The highest BCUT2D eigenvalue weighted by atomic mass is 32.2. The first-order valence-corrected chi connectivity index (χ1v) is 15.6. The molecule has 238 valence electrons. The molecule has 0 aromatic heterocycles. The summed E-state index contributed by atoms with van der Waals surface area (Å²) in [4.78, 5) is 40.5. The van der Waals surface area contributed by atoms with Crippen molar-refractivity contribution < 1.29 is 28.6 Å². The van der Waals surface area contributed by atoms with E-state index >= 15 is 0 Å². The van der Waals surface area contributed by atoms with Crippen molar-refractivity contribution in [2.24, 2.45) is 0 Å². The van der Waals surface area contributed by atoms with Crippen LogP contribution in [0.15, 0.2) is 108 Å². The van der Waals surface area contributed by atoms with Crippen molar-refractivity contribution >= 4 is 46.9 Å². The van der Waals surface area contributed by atoms with E-state index in [9.17, 15) is 14.4 Å². The lowest BCUT2D eigenvalue weighted by Crippen LogP contribution is -2.30. The molecule has 3 amide bonds. The smallest absolute Gasteiger partial charge is 0.272 e. The van der Waals surface area contributed by atoms with Crippen LogP contribution in [0.1, 0.15) is 36.2 Å². The molecule has 0 spiro atoms. The number of anilines is 2. The maximum Gasteiger partial charge on any atom is 0.272 e. The molecular formula is C36H37N3O6S. The quantitative estimate of drug-likeness (QED) is 0.100. The third-order valence-corrected chi connectivity index (χ3v) is 8.07. The Kier molecular flexibility index (Phi) is 12.3. The predicted molar refractivity (Wildman–Crippen MR) is 183 cm³/mol. The summed E-state index contributed by atoms with van der Waals surface area (Å²) in [6, 6.07) is 28.3. The Balaban J connectivity index is 1.51. The normalized spacial score (nSPS) is 11.6. The summed E-state index contributed by atoms with van der Waals surface area (Å²) in [5, 5.41) is 8.22. The van der Waals surface area contributed by atoms with E-state index in [4.69, 9.17) is 14.2 Å². The van der Waals surface area contributed by atoms with Gasteiger partial charge in [-0.25, -0.2) is 0 Å². The van der Waals surface area contributed by atoms with Crippen molar-refractivity contribution in [3.05, 3.63) is 114 Å². The first-order chi connectivity index (χ1) is 22.3. The zero-order valence-electron chi connectivity index (χ0n) is 26.2. The summed E-state index contributed by atoms with van der Waals surface area (Å²) < 4.78 is 16.2. The number of amides is 3. The Labute approximate surface area is 273 Å². The topological polar surface area (TPSA) is 115 Å². The minimum Gasteiger partial charge on any atom is -0.494 e. The van der Waals surface area contributed by atoms with E-state index in [2.05, 4.69) is 16.0 Å². The molecule has 1 atom stereocenters. The van der Waals surface area contributed by atoms with Crippen LogP contribution >= 0.6 is 11.8 Å². The first kappa shape index (κ1) is 33.7. The lowest BCUT2D eigenvalue weighted by atomic mass is 10.1. The number of hydrogen-bond donors (Lipinski definition) is 3. The summed E-state index contributed by atoms with van der Waals surface area (Å²) >= 11 is 1.40. The highest BCUT2D eigenvalue weighted by Gasteiger charge is 2.20. The molecule has 1 unspecified atom stereocenters. The second kappa shape index (κ2) is 16.7. The molecule has 10 heteroatoms. The van der Waals surface area contributed by atoms with Crippen LogP contribution in [0.3, 0.4) is 0 Å². The lowest BCUT2D eigenvalue weighted by molar-refractivity contribution is -0.116. The Morgan fingerprint density at radius 1 is 0.783 bits per heavy atom. The summed E-state index contributed by atoms with van der Waals surface area (Å²) in [6.45, 7) is 4.43. The molecule has 4 rings (SSSR count). The number of nitrogens with one attached hydrogen (secondary N) is 3. The van der Waals surface area contributed by atoms with E-state index in [0.717, 1.165) is 10.6 Å². The third-order valence-electron chi connectivity index (χ3n) is 6.71. The Morgan fingerprint density at radius 3 is 2.20 bits per heavy atom. The molecule has 0 radical (unpaired) electrons. The lowest BCUT2D eigenvalue weighted by Gasteiger charge is -2.16. The summed E-state index contributed by atoms with van der Waals surface area (Å²) in [6.07, 6.45) is 2.16. The van der Waals surface area contributed by atoms with Gasteiger partial charge < -0.3 is 30.2 Å². The molecular weight excluding hydrogens is 602 g/mol. The fraction of sp³-hybridized carbons (Fsp3) is 0.194. The molecule has 0 aliphatic heterocycles. The monoisotopic (exact) mass is 639 g/mol. The molecule has 0 saturated heterocycles. The number of ether oxygens (including phenoxy) is 3. The van der Waals surface area contributed by atoms with Crippen molar-refractivity contribution in [1.82, 2.24) is 5.32 Å². The highest BCUT2D eigenvalue weighted by Crippen LogP contribution is 2.30. The molecule has 0 heterocycles. The molecule has 9 nitrogen and oxygen atoms in total. The van der Waals surface area contributed by atoms with Crippen LogP contribution < -0.4 is 30.2 Å². The Bertz CT molecular complexity index is 1680. The second-order valence-electron chi connectivity index (χ2n) is 9.94. The average Bonchev–Trinajstić information content (AvgIpc) is 3.08. The zero-order chi connectivity index (χ0) is 32.9. The van der Waals surface area contributed by atoms with Crippen molar-refractivity contribution in [2.45, 2.75) is 30.4 Å². The molecule has 4 aromatic carbocycles. The molecule has 0 aliphatic carbocycles. The third kappa shape index (κ3) is 9.39. The maximum absolute atomic E-state index is 13.6. The zero-order valence-corrected chi connectivity index (χ0v) is 27.0. The summed E-state index contributed by atoms with van der Waals surface area (Å²) in [5.41, 5.74) is 2.23. The molecule has 0 aliphatic rings. The average molecular weight is 640 g/mol. The van der Waals surface area contributed by atoms with Crippen LogP contribution in [0.25, 0.3) is 6.08 Å². The Morgan fingerprint density at radius 2 is 1.52 bits per heavy atom. The van der Waals surface area contributed by atoms with E-state index in [0.29, 0.717) is 47.0 Å². The van der Waals surface area contributed by atoms with Gasteiger partial charge in [-0.15, -0.1) is 11.8 Å². The van der Waals surface area contributed by atoms with Gasteiger partial charge in [0.1, 0.15) is 11.4 Å². The fourth-order valence-electron chi connectivity index (χ4n) is 4.41. The van der Waals surface area contributed by atoms with Gasteiger partial charge in [-0.3, -0.25) is 14.4 Å². The summed E-state index contributed by atoms with van der Waals surface area (Å²) in [7, 11) is 3.06. The number of carbonyl (C=O) groups excluding carboxylic acids is 3. The molecule has 0 saturated carbocycles. The number of methoxy groups -OCH3 is 2. The number of hydrogen-bond acceptors (Lipinski definition) is 7. The van der Waals surface area contributed by atoms with Crippen LogP contribution in [0, 0.1) is 0 Å². The van der Waals surface area contributed by atoms with Gasteiger partial charge in [-0.1, -0.05) is 37.3 Å². The molecule has 0 fully saturated rings. The van der Waals surface area contributed by atoms with Gasteiger partial charge in [0.25, 0.3) is 11.8 Å². The van der Waals surface area contributed by atoms with Crippen LogP contribution in [-0.2, 0) is 9.59 Å². The van der Waals surface area contributed by atoms with Crippen molar-refractivity contribution in [3.8, 4) is 17.2 Å². The van der Waals surface area contributed by atoms with Crippen LogP contribution in [0.4, 0.5) is 11.4 Å². The van der Waals surface area contributed by atoms with Crippen molar-refractivity contribution in [2.75, 3.05) is 31.5 Å². The molecule has 3 N–H and O–H groups in total. The van der Waals surface area contributed by atoms with E-state index < -0.39 is 11.8 Å².